The second-order valence-electron chi connectivity index (χ2n) is 5.65. The fourth-order valence-electron chi connectivity index (χ4n) is 2.35. The largest absolute Gasteiger partial charge is 0.181 e. The number of hydrogen-bond acceptors (Lipinski definition) is 0. The minimum Gasteiger partial charge on any atom is -0.161 e. The van der Waals surface area contributed by atoms with Gasteiger partial charge in [-0.2, -0.15) is 22.2 Å². The summed E-state index contributed by atoms with van der Waals surface area (Å²) in [4.78, 5) is 0. The Labute approximate surface area is 120 Å². The smallest absolute Gasteiger partial charge is 0.161 e. The van der Waals surface area contributed by atoms with Crippen molar-refractivity contribution in [3.63, 3.8) is 0 Å². The molecule has 0 amide bonds. The molecule has 96 valence electrons. The molecule has 0 saturated heterocycles. The summed E-state index contributed by atoms with van der Waals surface area (Å²) in [5.41, 5.74) is 0. The van der Waals surface area contributed by atoms with E-state index in [4.69, 9.17) is 22.2 Å². The summed E-state index contributed by atoms with van der Waals surface area (Å²) in [6.07, 6.45) is 0. The Balaban J connectivity index is 2.82. The molecule has 0 bridgehead atoms. The summed E-state index contributed by atoms with van der Waals surface area (Å²) in [7, 11) is -3.67. The third kappa shape index (κ3) is 2.67. The van der Waals surface area contributed by atoms with E-state index < -0.39 is 14.8 Å². The lowest BCUT2D eigenvalue weighted by Gasteiger charge is -2.21. The van der Waals surface area contributed by atoms with E-state index in [1.54, 1.807) is 0 Å². The lowest BCUT2D eigenvalue weighted by molar-refractivity contribution is 1.76. The lowest BCUT2D eigenvalue weighted by atomic mass is 10.1. The summed E-state index contributed by atoms with van der Waals surface area (Å²) in [6.45, 7) is 8.66. The summed E-state index contributed by atoms with van der Waals surface area (Å²) in [5, 5.41) is 5.17. The fourth-order valence-corrected chi connectivity index (χ4v) is 6.04. The van der Waals surface area contributed by atoms with E-state index in [0.717, 1.165) is 0 Å². The van der Waals surface area contributed by atoms with Crippen molar-refractivity contribution in [1.82, 2.24) is 0 Å². The minimum atomic E-state index is -1.84. The van der Waals surface area contributed by atoms with Crippen LogP contribution in [0, 0.1) is 0 Å². The molecule has 0 aliphatic carbocycles. The highest BCUT2D eigenvalue weighted by Gasteiger charge is 2.26. The van der Waals surface area contributed by atoms with Gasteiger partial charge in [-0.25, -0.2) is 0 Å². The first-order valence-electron chi connectivity index (χ1n) is 6.12. The van der Waals surface area contributed by atoms with Gasteiger partial charge >= 0.3 is 0 Å². The third-order valence-electron chi connectivity index (χ3n) is 3.20. The molecule has 0 atom stereocenters. The Hall–Kier alpha value is -0.286. The normalized spacial score (nSPS) is 13.0. The molecule has 0 unspecified atom stereocenters. The van der Waals surface area contributed by atoms with Gasteiger partial charge in [-0.05, 0) is 21.1 Å². The molecule has 0 saturated carbocycles. The van der Waals surface area contributed by atoms with E-state index in [1.165, 1.54) is 21.1 Å². The molecule has 0 heterocycles. The van der Waals surface area contributed by atoms with Crippen LogP contribution in [0.4, 0.5) is 0 Å². The van der Waals surface area contributed by atoms with E-state index in [2.05, 4.69) is 62.6 Å². The van der Waals surface area contributed by atoms with Crippen molar-refractivity contribution in [3.8, 4) is 0 Å². The van der Waals surface area contributed by atoms with E-state index in [1.807, 2.05) is 0 Å². The summed E-state index contributed by atoms with van der Waals surface area (Å²) in [6, 6.07) is 12.9. The molecule has 0 aromatic heterocycles. The molecule has 4 heteroatoms. The minimum absolute atomic E-state index is 1.28. The summed E-state index contributed by atoms with van der Waals surface area (Å²) >= 11 is 13.2. The molecule has 2 rings (SSSR count). The SMILES string of the molecule is C[Si](C)(Cl)c1cccc2c([Si](C)(C)Cl)cccc12. The van der Waals surface area contributed by atoms with Crippen molar-refractivity contribution in [2.45, 2.75) is 26.2 Å². The zero-order valence-corrected chi connectivity index (χ0v) is 14.7. The third-order valence-corrected chi connectivity index (χ3v) is 7.86. The van der Waals surface area contributed by atoms with Crippen molar-refractivity contribution in [2.24, 2.45) is 0 Å². The molecular weight excluding hydrogens is 295 g/mol. The van der Waals surface area contributed by atoms with Gasteiger partial charge in [-0.3, -0.25) is 0 Å². The fraction of sp³-hybridized carbons (Fsp3) is 0.286. The van der Waals surface area contributed by atoms with E-state index in [-0.39, 0.29) is 0 Å². The highest BCUT2D eigenvalue weighted by Crippen LogP contribution is 2.20. The van der Waals surface area contributed by atoms with Gasteiger partial charge in [-0.1, -0.05) is 62.6 Å². The van der Waals surface area contributed by atoms with Gasteiger partial charge in [0.25, 0.3) is 0 Å². The summed E-state index contributed by atoms with van der Waals surface area (Å²) < 4.78 is 0. The monoisotopic (exact) mass is 312 g/mol. The van der Waals surface area contributed by atoms with Crippen molar-refractivity contribution >= 4 is 58.1 Å². The van der Waals surface area contributed by atoms with Gasteiger partial charge in [0.15, 0.2) is 14.8 Å². The molecule has 0 aliphatic rings. The van der Waals surface area contributed by atoms with Crippen molar-refractivity contribution in [2.75, 3.05) is 0 Å². The Morgan fingerprint density at radius 2 is 1.00 bits per heavy atom. The molecule has 0 spiro atoms. The second kappa shape index (κ2) is 4.67. The molecule has 2 aromatic rings. The second-order valence-corrected chi connectivity index (χ2v) is 18.3. The average molecular weight is 313 g/mol. The first-order chi connectivity index (χ1) is 8.21. The maximum Gasteiger partial charge on any atom is 0.181 e. The van der Waals surface area contributed by atoms with Crippen LogP contribution in [0.2, 0.25) is 26.2 Å². The van der Waals surface area contributed by atoms with Crippen LogP contribution in [-0.4, -0.2) is 14.8 Å². The van der Waals surface area contributed by atoms with Crippen molar-refractivity contribution in [1.29, 1.82) is 0 Å². The Bertz CT molecular complexity index is 527. The van der Waals surface area contributed by atoms with Crippen LogP contribution in [0.3, 0.4) is 0 Å². The van der Waals surface area contributed by atoms with Crippen LogP contribution in [0.15, 0.2) is 36.4 Å². The van der Waals surface area contributed by atoms with Gasteiger partial charge < -0.3 is 0 Å². The first kappa shape index (κ1) is 14.1. The molecule has 0 radical (unpaired) electrons. The summed E-state index contributed by atoms with van der Waals surface area (Å²) in [5.74, 6) is 0. The molecule has 0 fully saturated rings. The average Bonchev–Trinajstić information content (AvgIpc) is 2.24. The van der Waals surface area contributed by atoms with Crippen LogP contribution < -0.4 is 10.4 Å². The van der Waals surface area contributed by atoms with Crippen LogP contribution in [-0.2, 0) is 0 Å². The zero-order valence-electron chi connectivity index (χ0n) is 11.2. The number of benzene rings is 2. The van der Waals surface area contributed by atoms with Crippen LogP contribution in [0.5, 0.6) is 0 Å². The van der Waals surface area contributed by atoms with Crippen molar-refractivity contribution < 1.29 is 0 Å². The Kier molecular flexibility index (Phi) is 3.67. The number of rotatable bonds is 2. The van der Waals surface area contributed by atoms with E-state index >= 15 is 0 Å². The van der Waals surface area contributed by atoms with Gasteiger partial charge in [0.05, 0.1) is 0 Å². The molecule has 2 aromatic carbocycles. The number of hydrogen-bond donors (Lipinski definition) is 0. The van der Waals surface area contributed by atoms with Crippen molar-refractivity contribution in [3.05, 3.63) is 36.4 Å². The molecular formula is C14H18Cl2Si2. The predicted molar refractivity (Wildman–Crippen MR) is 89.9 cm³/mol. The van der Waals surface area contributed by atoms with Crippen LogP contribution in [0.25, 0.3) is 10.8 Å². The molecule has 0 N–H and O–H groups in total. The molecule has 18 heavy (non-hydrogen) atoms. The Morgan fingerprint density at radius 1 is 0.667 bits per heavy atom. The number of fused-ring (bicyclic) bond motifs is 1. The first-order valence-corrected chi connectivity index (χ1v) is 14.1. The number of halogens is 2. The van der Waals surface area contributed by atoms with Crippen LogP contribution >= 0.6 is 22.2 Å². The highest BCUT2D eigenvalue weighted by molar-refractivity contribution is 7.27. The molecule has 0 nitrogen and oxygen atoms in total. The van der Waals surface area contributed by atoms with Crippen LogP contribution in [0.1, 0.15) is 0 Å². The quantitative estimate of drug-likeness (QED) is 0.577. The van der Waals surface area contributed by atoms with Gasteiger partial charge in [-0.15, -0.1) is 0 Å². The predicted octanol–water partition coefficient (Wildman–Crippen LogP) is 4.14. The molecule has 0 aliphatic heterocycles. The lowest BCUT2D eigenvalue weighted by Crippen LogP contribution is -2.39. The Morgan fingerprint density at radius 3 is 1.28 bits per heavy atom. The van der Waals surface area contributed by atoms with E-state index in [9.17, 15) is 0 Å². The van der Waals surface area contributed by atoms with Gasteiger partial charge in [0.2, 0.25) is 0 Å². The topological polar surface area (TPSA) is 0 Å². The maximum absolute atomic E-state index is 6.62. The van der Waals surface area contributed by atoms with Gasteiger partial charge in [0.1, 0.15) is 0 Å². The van der Waals surface area contributed by atoms with E-state index in [0.29, 0.717) is 0 Å². The standard InChI is InChI=1S/C14H18Cl2Si2/c1-17(2,15)13-9-5-8-12-11(13)7-6-10-14(12)18(3,4)16/h5-10H,1-4H3. The highest BCUT2D eigenvalue weighted by atomic mass is 35.6. The zero-order chi connectivity index (χ0) is 13.6. The van der Waals surface area contributed by atoms with Gasteiger partial charge in [0, 0.05) is 0 Å². The maximum atomic E-state index is 6.62.